The Morgan fingerprint density at radius 3 is 3.06 bits per heavy atom. The lowest BCUT2D eigenvalue weighted by atomic mass is 10.2. The van der Waals surface area contributed by atoms with Crippen molar-refractivity contribution in [2.45, 2.75) is 19.8 Å². The first-order valence-electron chi connectivity index (χ1n) is 5.22. The van der Waals surface area contributed by atoms with E-state index >= 15 is 0 Å². The van der Waals surface area contributed by atoms with Crippen molar-refractivity contribution in [3.05, 3.63) is 21.4 Å². The molecule has 0 aromatic carbocycles. The maximum Gasteiger partial charge on any atom is 0.330 e. The average molecular weight is 347 g/mol. The molecule has 0 aromatic heterocycles. The summed E-state index contributed by atoms with van der Waals surface area (Å²) in [6.07, 6.45) is 5.87. The van der Waals surface area contributed by atoms with Gasteiger partial charge in [0.1, 0.15) is 5.84 Å². The Balaban J connectivity index is 2.78. The van der Waals surface area contributed by atoms with Gasteiger partial charge in [0, 0.05) is 16.1 Å². The highest BCUT2D eigenvalue weighted by Gasteiger charge is 2.10. The van der Waals surface area contributed by atoms with Crippen LogP contribution in [0.2, 0.25) is 0 Å². The van der Waals surface area contributed by atoms with Gasteiger partial charge in [0.15, 0.2) is 0 Å². The van der Waals surface area contributed by atoms with Crippen LogP contribution < -0.4 is 5.73 Å². The molecule has 1 heterocycles. The van der Waals surface area contributed by atoms with Crippen molar-refractivity contribution in [1.29, 1.82) is 0 Å². The molecule has 0 aromatic rings. The lowest BCUT2D eigenvalue weighted by Gasteiger charge is -2.10. The summed E-state index contributed by atoms with van der Waals surface area (Å²) >= 11 is 2.21. The normalized spacial score (nSPS) is 16.7. The van der Waals surface area contributed by atoms with E-state index in [4.69, 9.17) is 10.5 Å². The third kappa shape index (κ3) is 4.68. The summed E-state index contributed by atoms with van der Waals surface area (Å²) in [5.41, 5.74) is 5.96. The zero-order chi connectivity index (χ0) is 12.7. The first kappa shape index (κ1) is 13.9. The first-order valence-corrected chi connectivity index (χ1v) is 6.30. The van der Waals surface area contributed by atoms with Gasteiger partial charge in [0.2, 0.25) is 0 Å². The second kappa shape index (κ2) is 7.21. The average Bonchev–Trinajstić information content (AvgIpc) is 2.30. The molecule has 1 aliphatic rings. The van der Waals surface area contributed by atoms with Crippen LogP contribution >= 0.6 is 22.6 Å². The fraction of sp³-hybridized carbons (Fsp3) is 0.364. The number of carbonyl (C=O) groups is 1. The Morgan fingerprint density at radius 2 is 2.41 bits per heavy atom. The summed E-state index contributed by atoms with van der Waals surface area (Å²) in [6.45, 7) is 2.13. The smallest absolute Gasteiger partial charge is 0.330 e. The number of ether oxygens (including phenoxy) is 1. The van der Waals surface area contributed by atoms with E-state index in [1.54, 1.807) is 13.0 Å². The largest absolute Gasteiger partial charge is 0.463 e. The van der Waals surface area contributed by atoms with Crippen LogP contribution in [0.15, 0.2) is 31.4 Å². The number of rotatable bonds is 3. The second-order valence-electron chi connectivity index (χ2n) is 3.18. The van der Waals surface area contributed by atoms with Crippen LogP contribution in [0.3, 0.4) is 0 Å². The summed E-state index contributed by atoms with van der Waals surface area (Å²) in [6, 6.07) is 0. The van der Waals surface area contributed by atoms with E-state index in [2.05, 4.69) is 32.6 Å². The molecule has 17 heavy (non-hydrogen) atoms. The van der Waals surface area contributed by atoms with E-state index in [1.165, 1.54) is 12.4 Å². The monoisotopic (exact) mass is 347 g/mol. The van der Waals surface area contributed by atoms with Crippen LogP contribution in [0, 0.1) is 0 Å². The van der Waals surface area contributed by atoms with Crippen LogP contribution in [-0.2, 0) is 9.53 Å². The van der Waals surface area contributed by atoms with Crippen molar-refractivity contribution >= 4 is 40.7 Å². The zero-order valence-corrected chi connectivity index (χ0v) is 11.7. The standard InChI is InChI=1S/C11H14IN3O2/c1-2-17-11(16)6-4-9-8(12)3-5-10(15-9)14-7-13/h4,6-7H,2-3,5H2,1H3,(H2,13,14,15)/b6-4+. The van der Waals surface area contributed by atoms with E-state index in [9.17, 15) is 4.79 Å². The molecule has 92 valence electrons. The van der Waals surface area contributed by atoms with Gasteiger partial charge < -0.3 is 10.5 Å². The van der Waals surface area contributed by atoms with Gasteiger partial charge in [-0.3, -0.25) is 0 Å². The molecule has 0 fully saturated rings. The molecule has 1 aliphatic heterocycles. The van der Waals surface area contributed by atoms with Gasteiger partial charge in [-0.15, -0.1) is 0 Å². The minimum absolute atomic E-state index is 0.366. The number of halogens is 1. The molecule has 0 radical (unpaired) electrons. The number of nitrogens with two attached hydrogens (primary N) is 1. The topological polar surface area (TPSA) is 77.0 Å². The van der Waals surface area contributed by atoms with Crippen molar-refractivity contribution in [2.24, 2.45) is 15.7 Å². The summed E-state index contributed by atoms with van der Waals surface area (Å²) in [5, 5.41) is 0. The molecule has 0 saturated heterocycles. The Morgan fingerprint density at radius 1 is 1.65 bits per heavy atom. The number of hydrogen-bond donors (Lipinski definition) is 1. The summed E-state index contributed by atoms with van der Waals surface area (Å²) < 4.78 is 5.89. The first-order chi connectivity index (χ1) is 8.17. The lowest BCUT2D eigenvalue weighted by molar-refractivity contribution is -0.137. The molecule has 0 unspecified atom stereocenters. The van der Waals surface area contributed by atoms with Crippen molar-refractivity contribution in [3.63, 3.8) is 0 Å². The number of amidine groups is 1. The summed E-state index contributed by atoms with van der Waals surface area (Å²) in [4.78, 5) is 19.4. The molecule has 6 heteroatoms. The highest BCUT2D eigenvalue weighted by Crippen LogP contribution is 2.26. The molecular formula is C11H14IN3O2. The molecule has 0 spiro atoms. The third-order valence-electron chi connectivity index (χ3n) is 1.98. The Labute approximate surface area is 114 Å². The van der Waals surface area contributed by atoms with Gasteiger partial charge in [-0.25, -0.2) is 14.8 Å². The lowest BCUT2D eigenvalue weighted by Crippen LogP contribution is -2.05. The van der Waals surface area contributed by atoms with Crippen molar-refractivity contribution < 1.29 is 9.53 Å². The minimum atomic E-state index is -0.367. The number of allylic oxidation sites excluding steroid dienone is 2. The quantitative estimate of drug-likeness (QED) is 0.279. The maximum absolute atomic E-state index is 11.2. The van der Waals surface area contributed by atoms with Crippen LogP contribution in [0.4, 0.5) is 0 Å². The highest BCUT2D eigenvalue weighted by atomic mass is 127. The molecular weight excluding hydrogens is 333 g/mol. The van der Waals surface area contributed by atoms with Crippen LogP contribution in [0.1, 0.15) is 19.8 Å². The van der Waals surface area contributed by atoms with Gasteiger partial charge in [0.05, 0.1) is 18.6 Å². The van der Waals surface area contributed by atoms with Crippen molar-refractivity contribution in [2.75, 3.05) is 6.61 Å². The van der Waals surface area contributed by atoms with Crippen molar-refractivity contribution in [1.82, 2.24) is 0 Å². The second-order valence-corrected chi connectivity index (χ2v) is 4.48. The number of esters is 1. The number of hydrogen-bond acceptors (Lipinski definition) is 4. The Hall–Kier alpha value is -1.18. The van der Waals surface area contributed by atoms with Crippen LogP contribution in [-0.4, -0.2) is 24.8 Å². The molecule has 0 saturated carbocycles. The SMILES string of the molecule is CCOC(=O)/C=C/C1=C(I)CCC(N=CN)=N1. The minimum Gasteiger partial charge on any atom is -0.463 e. The van der Waals surface area contributed by atoms with Gasteiger partial charge in [-0.05, 0) is 42.0 Å². The number of carbonyl (C=O) groups excluding carboxylic acids is 1. The van der Waals surface area contributed by atoms with E-state index in [-0.39, 0.29) is 5.97 Å². The van der Waals surface area contributed by atoms with E-state index < -0.39 is 0 Å². The van der Waals surface area contributed by atoms with Gasteiger partial charge in [0.25, 0.3) is 0 Å². The predicted molar refractivity (Wildman–Crippen MR) is 76.2 cm³/mol. The van der Waals surface area contributed by atoms with Crippen LogP contribution in [0.25, 0.3) is 0 Å². The van der Waals surface area contributed by atoms with E-state index in [0.29, 0.717) is 12.4 Å². The summed E-state index contributed by atoms with van der Waals surface area (Å²) in [7, 11) is 0. The Kier molecular flexibility index (Phi) is 5.88. The molecule has 0 aliphatic carbocycles. The van der Waals surface area contributed by atoms with Crippen molar-refractivity contribution in [3.8, 4) is 0 Å². The molecule has 0 amide bonds. The van der Waals surface area contributed by atoms with Gasteiger partial charge in [-0.1, -0.05) is 0 Å². The maximum atomic E-state index is 11.2. The van der Waals surface area contributed by atoms with E-state index in [1.807, 2.05) is 0 Å². The van der Waals surface area contributed by atoms with E-state index in [0.717, 1.165) is 22.1 Å². The molecule has 1 rings (SSSR count). The molecule has 0 atom stereocenters. The van der Waals surface area contributed by atoms with Gasteiger partial charge in [-0.2, -0.15) is 0 Å². The fourth-order valence-corrected chi connectivity index (χ4v) is 1.82. The van der Waals surface area contributed by atoms with Gasteiger partial charge >= 0.3 is 5.97 Å². The highest BCUT2D eigenvalue weighted by molar-refractivity contribution is 14.1. The number of aliphatic imine (C=N–C) groups is 2. The fourth-order valence-electron chi connectivity index (χ4n) is 1.25. The predicted octanol–water partition coefficient (Wildman–Crippen LogP) is 1.93. The molecule has 2 N–H and O–H groups in total. The summed E-state index contributed by atoms with van der Waals surface area (Å²) in [5.74, 6) is 0.310. The Bertz CT molecular complexity index is 411. The molecule has 0 bridgehead atoms. The molecule has 5 nitrogen and oxygen atoms in total. The van der Waals surface area contributed by atoms with Crippen LogP contribution in [0.5, 0.6) is 0 Å². The number of nitrogens with zero attached hydrogens (tertiary/aromatic N) is 2. The third-order valence-corrected chi connectivity index (χ3v) is 3.07. The zero-order valence-electron chi connectivity index (χ0n) is 9.52.